The summed E-state index contributed by atoms with van der Waals surface area (Å²) >= 11 is 0. The third kappa shape index (κ3) is 1.86. The predicted molar refractivity (Wildman–Crippen MR) is 44.7 cm³/mol. The summed E-state index contributed by atoms with van der Waals surface area (Å²) in [5.74, 6) is 0. The first-order chi connectivity index (χ1) is 5.41. The second kappa shape index (κ2) is 2.91. The molecular weight excluding hydrogens is 202 g/mol. The molecule has 0 unspecified atom stereocenters. The Morgan fingerprint density at radius 3 is 2.42 bits per heavy atom. The van der Waals surface area contributed by atoms with Crippen LogP contribution in [0.25, 0.3) is 0 Å². The van der Waals surface area contributed by atoms with Gasteiger partial charge in [0, 0.05) is 30.0 Å². The molecule has 0 aliphatic heterocycles. The number of rotatable bonds is 1. The smallest absolute Gasteiger partial charge is 0.262 e. The largest absolute Gasteiger partial charge is 0.317 e. The molecule has 1 aromatic heterocycles. The van der Waals surface area contributed by atoms with Gasteiger partial charge < -0.3 is 4.57 Å². The van der Waals surface area contributed by atoms with E-state index in [1.54, 1.807) is 0 Å². The van der Waals surface area contributed by atoms with Gasteiger partial charge in [-0.25, -0.2) is 8.42 Å². The third-order valence-electron chi connectivity index (χ3n) is 1.34. The maximum Gasteiger partial charge on any atom is 0.262 e. The molecule has 12 heavy (non-hydrogen) atoms. The van der Waals surface area contributed by atoms with E-state index in [0.29, 0.717) is 0 Å². The van der Waals surface area contributed by atoms with E-state index in [0.717, 1.165) is 10.6 Å². The van der Waals surface area contributed by atoms with E-state index >= 15 is 0 Å². The van der Waals surface area contributed by atoms with E-state index in [1.807, 2.05) is 0 Å². The Labute approximate surface area is 73.8 Å². The Bertz CT molecular complexity index is 448. The van der Waals surface area contributed by atoms with E-state index in [-0.39, 0.29) is 10.5 Å². The van der Waals surface area contributed by atoms with Crippen LogP contribution in [0.1, 0.15) is 0 Å². The zero-order valence-corrected chi connectivity index (χ0v) is 7.76. The van der Waals surface area contributed by atoms with Crippen LogP contribution in [-0.2, 0) is 16.1 Å². The molecule has 0 spiro atoms. The van der Waals surface area contributed by atoms with E-state index in [1.165, 1.54) is 19.3 Å². The molecule has 0 bridgehead atoms. The van der Waals surface area contributed by atoms with Crippen molar-refractivity contribution in [1.29, 1.82) is 0 Å². The van der Waals surface area contributed by atoms with Crippen molar-refractivity contribution in [2.45, 2.75) is 4.90 Å². The SMILES string of the molecule is Cn1cc(S(=O)(=O)Cl)ccc1=O. The summed E-state index contributed by atoms with van der Waals surface area (Å²) in [6.07, 6.45) is 1.17. The highest BCUT2D eigenvalue weighted by Gasteiger charge is 2.09. The molecule has 4 nitrogen and oxygen atoms in total. The Morgan fingerprint density at radius 1 is 1.42 bits per heavy atom. The van der Waals surface area contributed by atoms with Crippen molar-refractivity contribution in [1.82, 2.24) is 4.57 Å². The average molecular weight is 208 g/mol. The van der Waals surface area contributed by atoms with Crippen molar-refractivity contribution in [3.8, 4) is 0 Å². The van der Waals surface area contributed by atoms with Gasteiger partial charge >= 0.3 is 0 Å². The molecule has 1 rings (SSSR count). The second-order valence-electron chi connectivity index (χ2n) is 2.25. The lowest BCUT2D eigenvalue weighted by atomic mass is 10.5. The molecule has 1 aromatic rings. The van der Waals surface area contributed by atoms with Crippen LogP contribution >= 0.6 is 10.7 Å². The molecule has 0 N–H and O–H groups in total. The molecule has 66 valence electrons. The molecule has 0 amide bonds. The van der Waals surface area contributed by atoms with Crippen LogP contribution in [-0.4, -0.2) is 13.0 Å². The molecule has 0 radical (unpaired) electrons. The molecule has 0 aliphatic rings. The van der Waals surface area contributed by atoms with Crippen molar-refractivity contribution in [3.05, 3.63) is 28.7 Å². The molecule has 0 saturated heterocycles. The van der Waals surface area contributed by atoms with Gasteiger partial charge in [-0.3, -0.25) is 4.79 Å². The predicted octanol–water partition coefficient (Wildman–Crippen LogP) is 0.313. The number of aryl methyl sites for hydroxylation is 1. The average Bonchev–Trinajstić information content (AvgIpc) is 1.92. The van der Waals surface area contributed by atoms with E-state index in [4.69, 9.17) is 10.7 Å². The van der Waals surface area contributed by atoms with Crippen molar-refractivity contribution in [2.75, 3.05) is 0 Å². The highest BCUT2D eigenvalue weighted by Crippen LogP contribution is 2.11. The Kier molecular flexibility index (Phi) is 2.25. The number of halogens is 1. The topological polar surface area (TPSA) is 56.1 Å². The standard InChI is InChI=1S/C6H6ClNO3S/c1-8-4-5(12(7,10)11)2-3-6(8)9/h2-4H,1H3. The van der Waals surface area contributed by atoms with Gasteiger partial charge in [-0.15, -0.1) is 0 Å². The molecular formula is C6H6ClNO3S. The minimum atomic E-state index is -3.73. The van der Waals surface area contributed by atoms with Crippen molar-refractivity contribution < 1.29 is 8.42 Å². The molecule has 6 heteroatoms. The maximum absolute atomic E-state index is 10.8. The lowest BCUT2D eigenvalue weighted by Gasteiger charge is -1.98. The number of nitrogens with zero attached hydrogens (tertiary/aromatic N) is 1. The van der Waals surface area contributed by atoms with Crippen molar-refractivity contribution in [2.24, 2.45) is 7.05 Å². The van der Waals surface area contributed by atoms with Crippen LogP contribution in [0.2, 0.25) is 0 Å². The van der Waals surface area contributed by atoms with Gasteiger partial charge in [-0.05, 0) is 6.07 Å². The number of hydrogen-bond donors (Lipinski definition) is 0. The summed E-state index contributed by atoms with van der Waals surface area (Å²) in [6, 6.07) is 2.32. The maximum atomic E-state index is 10.8. The summed E-state index contributed by atoms with van der Waals surface area (Å²) in [6.45, 7) is 0. The van der Waals surface area contributed by atoms with E-state index in [2.05, 4.69) is 0 Å². The van der Waals surface area contributed by atoms with Gasteiger partial charge in [-0.1, -0.05) is 0 Å². The Morgan fingerprint density at radius 2 is 2.00 bits per heavy atom. The van der Waals surface area contributed by atoms with Gasteiger partial charge in [0.1, 0.15) is 0 Å². The molecule has 1 heterocycles. The highest BCUT2D eigenvalue weighted by atomic mass is 35.7. The highest BCUT2D eigenvalue weighted by molar-refractivity contribution is 8.13. The van der Waals surface area contributed by atoms with Crippen LogP contribution in [0.15, 0.2) is 28.0 Å². The first-order valence-electron chi connectivity index (χ1n) is 3.02. The van der Waals surface area contributed by atoms with Crippen LogP contribution < -0.4 is 5.56 Å². The van der Waals surface area contributed by atoms with Gasteiger partial charge in [0.05, 0.1) is 4.90 Å². The number of hydrogen-bond acceptors (Lipinski definition) is 3. The molecule has 0 atom stereocenters. The first kappa shape index (κ1) is 9.28. The number of aromatic nitrogens is 1. The van der Waals surface area contributed by atoms with Crippen LogP contribution in [0.5, 0.6) is 0 Å². The molecule has 0 saturated carbocycles. The molecule has 0 aromatic carbocycles. The third-order valence-corrected chi connectivity index (χ3v) is 2.68. The van der Waals surface area contributed by atoms with Crippen LogP contribution in [0.3, 0.4) is 0 Å². The summed E-state index contributed by atoms with van der Waals surface area (Å²) in [4.78, 5) is 10.7. The van der Waals surface area contributed by atoms with Gasteiger partial charge in [0.2, 0.25) is 5.56 Å². The summed E-state index contributed by atoms with van der Waals surface area (Å²) in [5.41, 5.74) is -0.279. The second-order valence-corrected chi connectivity index (χ2v) is 4.82. The summed E-state index contributed by atoms with van der Waals surface area (Å²) < 4.78 is 22.6. The summed E-state index contributed by atoms with van der Waals surface area (Å²) in [5, 5.41) is 0. The summed E-state index contributed by atoms with van der Waals surface area (Å²) in [7, 11) is 2.76. The van der Waals surface area contributed by atoms with E-state index in [9.17, 15) is 13.2 Å². The molecule has 0 fully saturated rings. The van der Waals surface area contributed by atoms with Gasteiger partial charge in [-0.2, -0.15) is 0 Å². The molecule has 0 aliphatic carbocycles. The normalized spacial score (nSPS) is 11.5. The lowest BCUT2D eigenvalue weighted by Crippen LogP contribution is -2.15. The minimum absolute atomic E-state index is 0.0775. The fraction of sp³-hybridized carbons (Fsp3) is 0.167. The van der Waals surface area contributed by atoms with Crippen molar-refractivity contribution in [3.63, 3.8) is 0 Å². The fourth-order valence-electron chi connectivity index (χ4n) is 0.713. The zero-order valence-electron chi connectivity index (χ0n) is 6.19. The van der Waals surface area contributed by atoms with E-state index < -0.39 is 9.05 Å². The van der Waals surface area contributed by atoms with Crippen molar-refractivity contribution >= 4 is 19.7 Å². The quantitative estimate of drug-likeness (QED) is 0.623. The Balaban J connectivity index is 3.43. The minimum Gasteiger partial charge on any atom is -0.317 e. The Hall–Kier alpha value is -0.810. The monoisotopic (exact) mass is 207 g/mol. The van der Waals surface area contributed by atoms with Crippen LogP contribution in [0.4, 0.5) is 0 Å². The lowest BCUT2D eigenvalue weighted by molar-refractivity contribution is 0.608. The van der Waals surface area contributed by atoms with Crippen LogP contribution in [0, 0.1) is 0 Å². The van der Waals surface area contributed by atoms with Gasteiger partial charge in [0.25, 0.3) is 9.05 Å². The first-order valence-corrected chi connectivity index (χ1v) is 5.33. The number of pyridine rings is 1. The fourth-order valence-corrected chi connectivity index (χ4v) is 1.50. The zero-order chi connectivity index (χ0) is 9.35. The van der Waals surface area contributed by atoms with Gasteiger partial charge in [0.15, 0.2) is 0 Å².